The lowest BCUT2D eigenvalue weighted by Gasteiger charge is -2.13. The van der Waals surface area contributed by atoms with Crippen LogP contribution in [0.3, 0.4) is 0 Å². The first kappa shape index (κ1) is 18.7. The molecule has 0 fully saturated rings. The van der Waals surface area contributed by atoms with Crippen molar-refractivity contribution in [1.29, 1.82) is 0 Å². The van der Waals surface area contributed by atoms with Crippen molar-refractivity contribution in [3.8, 4) is 11.5 Å². The van der Waals surface area contributed by atoms with Crippen LogP contribution in [0.1, 0.15) is 16.2 Å². The third kappa shape index (κ3) is 3.55. The summed E-state index contributed by atoms with van der Waals surface area (Å²) in [6.45, 7) is 1.60. The van der Waals surface area contributed by atoms with Crippen molar-refractivity contribution in [3.63, 3.8) is 0 Å². The minimum absolute atomic E-state index is 0.0275. The maximum absolute atomic E-state index is 12.8. The number of methoxy groups -OCH3 is 3. The smallest absolute Gasteiger partial charge is 0.354 e. The molecule has 0 aliphatic carbocycles. The predicted octanol–water partition coefficient (Wildman–Crippen LogP) is 1.94. The van der Waals surface area contributed by atoms with Crippen LogP contribution < -0.4 is 14.2 Å². The molecule has 1 aromatic carbocycles. The fraction of sp³-hybridized carbons (Fsp3) is 0.312. The lowest BCUT2D eigenvalue weighted by molar-refractivity contribution is 0.0589. The van der Waals surface area contributed by atoms with Crippen LogP contribution in [0.15, 0.2) is 29.2 Å². The number of anilines is 1. The standard InChI is InChI=1S/C16H20N2O6S/c1-10-15(9-13(18(10)2)16(19)24-5)25(20,21)17-12-8-11(22-3)6-7-14(12)23-4/h6-9,17H,1-5H3. The van der Waals surface area contributed by atoms with Crippen LogP contribution in [0.2, 0.25) is 0 Å². The number of aromatic nitrogens is 1. The molecule has 2 aromatic rings. The van der Waals surface area contributed by atoms with Crippen molar-refractivity contribution in [2.75, 3.05) is 26.1 Å². The molecule has 2 rings (SSSR count). The minimum atomic E-state index is -3.96. The summed E-state index contributed by atoms with van der Waals surface area (Å²) in [5.74, 6) is 0.190. The molecule has 1 N–H and O–H groups in total. The van der Waals surface area contributed by atoms with Crippen molar-refractivity contribution in [2.24, 2.45) is 7.05 Å². The summed E-state index contributed by atoms with van der Waals surface area (Å²) in [6.07, 6.45) is 0. The molecule has 0 aliphatic heterocycles. The summed E-state index contributed by atoms with van der Waals surface area (Å²) in [5, 5.41) is 0. The third-order valence-corrected chi connectivity index (χ3v) is 5.30. The van der Waals surface area contributed by atoms with E-state index in [4.69, 9.17) is 9.47 Å². The number of nitrogens with one attached hydrogen (secondary N) is 1. The Balaban J connectivity index is 2.49. The third-order valence-electron chi connectivity index (χ3n) is 3.82. The fourth-order valence-electron chi connectivity index (χ4n) is 2.34. The summed E-state index contributed by atoms with van der Waals surface area (Å²) in [6, 6.07) is 6.03. The van der Waals surface area contributed by atoms with Gasteiger partial charge in [0.05, 0.1) is 27.0 Å². The van der Waals surface area contributed by atoms with Crippen LogP contribution in [0.4, 0.5) is 5.69 Å². The predicted molar refractivity (Wildman–Crippen MR) is 91.8 cm³/mol. The Kier molecular flexibility index (Phi) is 5.27. The van der Waals surface area contributed by atoms with Gasteiger partial charge in [-0.3, -0.25) is 4.72 Å². The van der Waals surface area contributed by atoms with E-state index in [0.29, 0.717) is 17.2 Å². The van der Waals surface area contributed by atoms with Crippen molar-refractivity contribution in [2.45, 2.75) is 11.8 Å². The van der Waals surface area contributed by atoms with E-state index < -0.39 is 16.0 Å². The second kappa shape index (κ2) is 7.06. The number of hydrogen-bond donors (Lipinski definition) is 1. The van der Waals surface area contributed by atoms with Gasteiger partial charge in [-0.1, -0.05) is 0 Å². The molecule has 8 nitrogen and oxygen atoms in total. The number of carbonyl (C=O) groups excluding carboxylic acids is 1. The number of ether oxygens (including phenoxy) is 3. The van der Waals surface area contributed by atoms with Crippen LogP contribution in [-0.4, -0.2) is 40.3 Å². The highest BCUT2D eigenvalue weighted by molar-refractivity contribution is 7.92. The molecular weight excluding hydrogens is 348 g/mol. The molecule has 9 heteroatoms. The first-order valence-electron chi connectivity index (χ1n) is 7.24. The van der Waals surface area contributed by atoms with Gasteiger partial charge in [0, 0.05) is 18.8 Å². The molecule has 0 unspecified atom stereocenters. The van der Waals surface area contributed by atoms with E-state index in [1.54, 1.807) is 26.1 Å². The van der Waals surface area contributed by atoms with Crippen LogP contribution in [-0.2, 0) is 21.8 Å². The number of hydrogen-bond acceptors (Lipinski definition) is 6. The lowest BCUT2D eigenvalue weighted by atomic mass is 10.3. The second-order valence-corrected chi connectivity index (χ2v) is 6.85. The summed E-state index contributed by atoms with van der Waals surface area (Å²) in [7, 11) is 1.77. The second-order valence-electron chi connectivity index (χ2n) is 5.20. The summed E-state index contributed by atoms with van der Waals surface area (Å²) in [4.78, 5) is 11.7. The number of rotatable bonds is 6. The average molecular weight is 368 g/mol. The first-order chi connectivity index (χ1) is 11.7. The van der Waals surface area contributed by atoms with Gasteiger partial charge in [0.25, 0.3) is 10.0 Å². The van der Waals surface area contributed by atoms with Crippen molar-refractivity contribution < 1.29 is 27.4 Å². The largest absolute Gasteiger partial charge is 0.497 e. The molecule has 0 atom stereocenters. The Hall–Kier alpha value is -2.68. The molecule has 0 spiro atoms. The van der Waals surface area contributed by atoms with Gasteiger partial charge in [0.2, 0.25) is 0 Å². The molecule has 25 heavy (non-hydrogen) atoms. The fourth-order valence-corrected chi connectivity index (χ4v) is 3.69. The molecule has 0 saturated heterocycles. The van der Waals surface area contributed by atoms with Crippen molar-refractivity contribution >= 4 is 21.7 Å². The Labute approximate surface area is 146 Å². The van der Waals surface area contributed by atoms with Gasteiger partial charge in [-0.15, -0.1) is 0 Å². The van der Waals surface area contributed by atoms with Gasteiger partial charge in [-0.2, -0.15) is 0 Å². The zero-order valence-electron chi connectivity index (χ0n) is 14.6. The lowest BCUT2D eigenvalue weighted by Crippen LogP contribution is -2.14. The topological polar surface area (TPSA) is 95.9 Å². The molecule has 0 saturated carbocycles. The van der Waals surface area contributed by atoms with E-state index in [0.717, 1.165) is 0 Å². The molecule has 1 heterocycles. The Morgan fingerprint density at radius 1 is 1.12 bits per heavy atom. The van der Waals surface area contributed by atoms with Crippen molar-refractivity contribution in [1.82, 2.24) is 4.57 Å². The van der Waals surface area contributed by atoms with Crippen LogP contribution in [0.5, 0.6) is 11.5 Å². The number of carbonyl (C=O) groups is 1. The zero-order chi connectivity index (χ0) is 18.8. The SMILES string of the molecule is COC(=O)c1cc(S(=O)(=O)Nc2cc(OC)ccc2OC)c(C)n1C. The Morgan fingerprint density at radius 2 is 1.80 bits per heavy atom. The number of esters is 1. The molecule has 0 bridgehead atoms. The van der Waals surface area contributed by atoms with E-state index in [2.05, 4.69) is 9.46 Å². The summed E-state index contributed by atoms with van der Waals surface area (Å²) in [5.41, 5.74) is 0.762. The van der Waals surface area contributed by atoms with Gasteiger partial charge < -0.3 is 18.8 Å². The van der Waals surface area contributed by atoms with Crippen LogP contribution in [0.25, 0.3) is 0 Å². The first-order valence-corrected chi connectivity index (χ1v) is 8.73. The summed E-state index contributed by atoms with van der Waals surface area (Å²) >= 11 is 0. The van der Waals surface area contributed by atoms with E-state index in [-0.39, 0.29) is 16.3 Å². The van der Waals surface area contributed by atoms with E-state index in [1.165, 1.54) is 38.0 Å². The van der Waals surface area contributed by atoms with Gasteiger partial charge >= 0.3 is 5.97 Å². The highest BCUT2D eigenvalue weighted by atomic mass is 32.2. The van der Waals surface area contributed by atoms with Crippen molar-refractivity contribution in [3.05, 3.63) is 35.7 Å². The minimum Gasteiger partial charge on any atom is -0.497 e. The maximum atomic E-state index is 12.8. The average Bonchev–Trinajstić information content (AvgIpc) is 2.90. The monoisotopic (exact) mass is 368 g/mol. The molecular formula is C16H20N2O6S. The van der Waals surface area contributed by atoms with E-state index in [1.807, 2.05) is 0 Å². The maximum Gasteiger partial charge on any atom is 0.354 e. The van der Waals surface area contributed by atoms with Gasteiger partial charge in [-0.25, -0.2) is 13.2 Å². The highest BCUT2D eigenvalue weighted by Crippen LogP contribution is 2.32. The van der Waals surface area contributed by atoms with E-state index in [9.17, 15) is 13.2 Å². The number of sulfonamides is 1. The molecule has 136 valence electrons. The zero-order valence-corrected chi connectivity index (χ0v) is 15.4. The Bertz CT molecular complexity index is 902. The number of nitrogens with zero attached hydrogens (tertiary/aromatic N) is 1. The van der Waals surface area contributed by atoms with Crippen LogP contribution >= 0.6 is 0 Å². The van der Waals surface area contributed by atoms with Crippen LogP contribution in [0, 0.1) is 6.92 Å². The highest BCUT2D eigenvalue weighted by Gasteiger charge is 2.25. The molecule has 0 radical (unpaired) electrons. The number of benzene rings is 1. The summed E-state index contributed by atoms with van der Waals surface area (Å²) < 4.78 is 44.5. The Morgan fingerprint density at radius 3 is 2.36 bits per heavy atom. The molecule has 0 amide bonds. The molecule has 0 aliphatic rings. The molecule has 1 aromatic heterocycles. The van der Waals surface area contributed by atoms with Gasteiger partial charge in [-0.05, 0) is 25.1 Å². The quantitative estimate of drug-likeness (QED) is 0.783. The van der Waals surface area contributed by atoms with E-state index >= 15 is 0 Å². The normalized spacial score (nSPS) is 11.1. The van der Waals surface area contributed by atoms with Gasteiger partial charge in [0.15, 0.2) is 0 Å². The van der Waals surface area contributed by atoms with Gasteiger partial charge in [0.1, 0.15) is 22.1 Å².